The molecule has 0 unspecified atom stereocenters. The zero-order valence-electron chi connectivity index (χ0n) is 14.3. The lowest BCUT2D eigenvalue weighted by molar-refractivity contribution is -0.137. The molecule has 0 amide bonds. The molecule has 0 saturated heterocycles. The van der Waals surface area contributed by atoms with E-state index >= 15 is 0 Å². The van der Waals surface area contributed by atoms with E-state index < -0.39 is 17.3 Å². The van der Waals surface area contributed by atoms with Crippen molar-refractivity contribution in [2.24, 2.45) is 5.41 Å². The summed E-state index contributed by atoms with van der Waals surface area (Å²) in [6, 6.07) is 1.89. The van der Waals surface area contributed by atoms with Crippen molar-refractivity contribution >= 4 is 17.3 Å². The number of anilines is 1. The molecule has 1 fully saturated rings. The molecule has 2 N–H and O–H groups in total. The van der Waals surface area contributed by atoms with Gasteiger partial charge in [0.15, 0.2) is 5.82 Å². The Balaban J connectivity index is 1.80. The molecule has 0 atom stereocenters. The standard InChI is InChI=1S/C17H18ClF3N4O2/c18-14-12(23-10-16(6-7-26)4-1-5-16)9-24-25(15(14)27)13-3-2-11(8-22-13)17(19,20)21/h2-3,8-9,23,26H,1,4-7,10H2. The van der Waals surface area contributed by atoms with Crippen LogP contribution in [0.5, 0.6) is 0 Å². The van der Waals surface area contributed by atoms with Crippen LogP contribution in [0.2, 0.25) is 5.02 Å². The van der Waals surface area contributed by atoms with Crippen molar-refractivity contribution in [3.8, 4) is 5.82 Å². The minimum absolute atomic E-state index is 0.0120. The SMILES string of the molecule is O=c1c(Cl)c(NCC2(CCO)CCC2)cnn1-c1ccc(C(F)(F)F)cn1. The van der Waals surface area contributed by atoms with E-state index in [1.165, 1.54) is 6.20 Å². The number of pyridine rings is 1. The van der Waals surface area contributed by atoms with Gasteiger partial charge in [-0.2, -0.15) is 23.0 Å². The maximum Gasteiger partial charge on any atom is 0.417 e. The number of aliphatic hydroxyl groups is 1. The molecular formula is C17H18ClF3N4O2. The second-order valence-electron chi connectivity index (χ2n) is 6.67. The fraction of sp³-hybridized carbons (Fsp3) is 0.471. The van der Waals surface area contributed by atoms with Crippen molar-refractivity contribution in [3.63, 3.8) is 0 Å². The third-order valence-electron chi connectivity index (χ3n) is 4.92. The van der Waals surface area contributed by atoms with Crippen LogP contribution in [0.15, 0.2) is 29.3 Å². The topological polar surface area (TPSA) is 80.0 Å². The fourth-order valence-electron chi connectivity index (χ4n) is 3.11. The Morgan fingerprint density at radius 1 is 1.30 bits per heavy atom. The molecule has 27 heavy (non-hydrogen) atoms. The minimum atomic E-state index is -4.51. The number of hydrogen-bond acceptors (Lipinski definition) is 5. The quantitative estimate of drug-likeness (QED) is 0.775. The highest BCUT2D eigenvalue weighted by atomic mass is 35.5. The van der Waals surface area contributed by atoms with Gasteiger partial charge in [-0.3, -0.25) is 4.79 Å². The molecule has 1 saturated carbocycles. The van der Waals surface area contributed by atoms with E-state index in [1.54, 1.807) is 0 Å². The first kappa shape index (κ1) is 19.6. The largest absolute Gasteiger partial charge is 0.417 e. The zero-order chi connectivity index (χ0) is 19.7. The van der Waals surface area contributed by atoms with Crippen molar-refractivity contribution in [3.05, 3.63) is 45.5 Å². The van der Waals surface area contributed by atoms with Crippen LogP contribution in [0, 0.1) is 5.41 Å². The fourth-order valence-corrected chi connectivity index (χ4v) is 3.31. The Morgan fingerprint density at radius 3 is 2.56 bits per heavy atom. The summed E-state index contributed by atoms with van der Waals surface area (Å²) < 4.78 is 38.7. The van der Waals surface area contributed by atoms with E-state index in [0.29, 0.717) is 24.8 Å². The first-order valence-electron chi connectivity index (χ1n) is 8.42. The van der Waals surface area contributed by atoms with Crippen LogP contribution in [-0.4, -0.2) is 33.0 Å². The molecule has 3 rings (SSSR count). The summed E-state index contributed by atoms with van der Waals surface area (Å²) in [7, 11) is 0. The molecule has 6 nitrogen and oxygen atoms in total. The van der Waals surface area contributed by atoms with Gasteiger partial charge >= 0.3 is 6.18 Å². The summed E-state index contributed by atoms with van der Waals surface area (Å²) in [6.07, 6.45) is 1.19. The summed E-state index contributed by atoms with van der Waals surface area (Å²) in [5, 5.41) is 16.1. The molecule has 2 heterocycles. The van der Waals surface area contributed by atoms with Crippen LogP contribution < -0.4 is 10.9 Å². The van der Waals surface area contributed by atoms with Crippen molar-refractivity contribution in [2.75, 3.05) is 18.5 Å². The van der Waals surface area contributed by atoms with Gasteiger partial charge in [-0.05, 0) is 36.8 Å². The Hall–Kier alpha value is -2.13. The maximum absolute atomic E-state index is 12.6. The summed E-state index contributed by atoms with van der Waals surface area (Å²) in [4.78, 5) is 16.1. The van der Waals surface area contributed by atoms with E-state index in [2.05, 4.69) is 15.4 Å². The van der Waals surface area contributed by atoms with Crippen LogP contribution in [-0.2, 0) is 6.18 Å². The Morgan fingerprint density at radius 2 is 2.04 bits per heavy atom. The van der Waals surface area contributed by atoms with E-state index in [9.17, 15) is 23.1 Å². The predicted molar refractivity (Wildman–Crippen MR) is 94.1 cm³/mol. The highest BCUT2D eigenvalue weighted by Crippen LogP contribution is 2.43. The van der Waals surface area contributed by atoms with Crippen molar-refractivity contribution in [1.82, 2.24) is 14.8 Å². The Kier molecular flexibility index (Phi) is 5.43. The van der Waals surface area contributed by atoms with Gasteiger partial charge in [-0.1, -0.05) is 18.0 Å². The van der Waals surface area contributed by atoms with Gasteiger partial charge in [0.05, 0.1) is 17.4 Å². The number of nitrogens with zero attached hydrogens (tertiary/aromatic N) is 3. The first-order valence-corrected chi connectivity index (χ1v) is 8.80. The Labute approximate surface area is 158 Å². The number of aromatic nitrogens is 3. The molecule has 0 bridgehead atoms. The van der Waals surface area contributed by atoms with Crippen LogP contribution in [0.3, 0.4) is 0 Å². The highest BCUT2D eigenvalue weighted by Gasteiger charge is 2.36. The second-order valence-corrected chi connectivity index (χ2v) is 7.05. The monoisotopic (exact) mass is 402 g/mol. The van der Waals surface area contributed by atoms with Crippen LogP contribution in [0.1, 0.15) is 31.2 Å². The first-order chi connectivity index (χ1) is 12.8. The molecule has 0 radical (unpaired) electrons. The average Bonchev–Trinajstić information content (AvgIpc) is 2.60. The van der Waals surface area contributed by atoms with E-state index in [0.717, 1.165) is 36.1 Å². The third-order valence-corrected chi connectivity index (χ3v) is 5.29. The number of aliphatic hydroxyl groups excluding tert-OH is 1. The molecule has 0 aliphatic heterocycles. The van der Waals surface area contributed by atoms with Crippen LogP contribution in [0.4, 0.5) is 18.9 Å². The van der Waals surface area contributed by atoms with Crippen LogP contribution >= 0.6 is 11.6 Å². The molecule has 0 spiro atoms. The predicted octanol–water partition coefficient (Wildman–Crippen LogP) is 3.26. The smallest absolute Gasteiger partial charge is 0.396 e. The van der Waals surface area contributed by atoms with Gasteiger partial charge in [-0.25, -0.2) is 4.98 Å². The molecular weight excluding hydrogens is 385 g/mol. The lowest BCUT2D eigenvalue weighted by atomic mass is 9.67. The van der Waals surface area contributed by atoms with Gasteiger partial charge in [0.1, 0.15) is 5.02 Å². The lowest BCUT2D eigenvalue weighted by Crippen LogP contribution is -2.37. The molecule has 2 aromatic rings. The lowest BCUT2D eigenvalue weighted by Gasteiger charge is -2.42. The van der Waals surface area contributed by atoms with E-state index in [1.807, 2.05) is 0 Å². The number of rotatable bonds is 6. The van der Waals surface area contributed by atoms with Gasteiger partial charge in [0.25, 0.3) is 5.56 Å². The molecule has 1 aliphatic rings. The Bertz CT molecular complexity index is 864. The molecule has 2 aromatic heterocycles. The highest BCUT2D eigenvalue weighted by molar-refractivity contribution is 6.32. The van der Waals surface area contributed by atoms with Gasteiger partial charge in [0.2, 0.25) is 0 Å². The van der Waals surface area contributed by atoms with E-state index in [-0.39, 0.29) is 22.9 Å². The number of hydrogen-bond donors (Lipinski definition) is 2. The van der Waals surface area contributed by atoms with Crippen LogP contribution in [0.25, 0.3) is 5.82 Å². The van der Waals surface area contributed by atoms with Gasteiger partial charge in [-0.15, -0.1) is 0 Å². The maximum atomic E-state index is 12.6. The number of halogens is 4. The summed E-state index contributed by atoms with van der Waals surface area (Å²) in [6.45, 7) is 0.645. The van der Waals surface area contributed by atoms with Crippen molar-refractivity contribution in [2.45, 2.75) is 31.9 Å². The van der Waals surface area contributed by atoms with Crippen molar-refractivity contribution in [1.29, 1.82) is 0 Å². The van der Waals surface area contributed by atoms with Crippen molar-refractivity contribution < 1.29 is 18.3 Å². The number of nitrogens with one attached hydrogen (secondary N) is 1. The summed E-state index contributed by atoms with van der Waals surface area (Å²) in [5.74, 6) is -0.0582. The van der Waals surface area contributed by atoms with Gasteiger partial charge < -0.3 is 10.4 Å². The van der Waals surface area contributed by atoms with E-state index in [4.69, 9.17) is 11.6 Å². The molecule has 1 aliphatic carbocycles. The normalized spacial score (nSPS) is 16.0. The molecule has 10 heteroatoms. The minimum Gasteiger partial charge on any atom is -0.396 e. The zero-order valence-corrected chi connectivity index (χ0v) is 15.0. The number of alkyl halides is 3. The van der Waals surface area contributed by atoms with Gasteiger partial charge in [0, 0.05) is 19.3 Å². The third kappa shape index (κ3) is 4.08. The second kappa shape index (κ2) is 7.47. The average molecular weight is 403 g/mol. The summed E-state index contributed by atoms with van der Waals surface area (Å²) >= 11 is 6.13. The molecule has 0 aromatic carbocycles. The summed E-state index contributed by atoms with van der Waals surface area (Å²) in [5.41, 5.74) is -1.27. The molecule has 146 valence electrons.